The lowest BCUT2D eigenvalue weighted by molar-refractivity contribution is -0.155. The average Bonchev–Trinajstić information content (AvgIpc) is 3.67. The number of phenolic OH excluding ortho intramolecular Hbond substituents is 1. The molecule has 12 atom stereocenters. The predicted molar refractivity (Wildman–Crippen MR) is 261 cm³/mol. The number of carbonyl (C=O) groups excluding carboxylic acids is 9. The van der Waals surface area contributed by atoms with Crippen LogP contribution in [0.1, 0.15) is 127 Å². The summed E-state index contributed by atoms with van der Waals surface area (Å²) in [5, 5.41) is 31.7. The van der Waals surface area contributed by atoms with Gasteiger partial charge in [0.05, 0.1) is 0 Å². The monoisotopic (exact) mass is 987 g/mol. The second-order valence-corrected chi connectivity index (χ2v) is 20.1. The maximum atomic E-state index is 14.6. The Labute approximate surface area is 413 Å². The van der Waals surface area contributed by atoms with Gasteiger partial charge in [0.2, 0.25) is 47.3 Å². The molecule has 1 aromatic rings. The van der Waals surface area contributed by atoms with Crippen LogP contribution in [0.2, 0.25) is 0 Å². The molecule has 1 saturated heterocycles. The fraction of sp³-hybridized carbons (Fsp3) is 0.700. The number of nitrogens with zero attached hydrogens (tertiary/aromatic N) is 2. The first-order chi connectivity index (χ1) is 32.6. The van der Waals surface area contributed by atoms with E-state index in [1.807, 2.05) is 27.7 Å². The number of nitrogens with two attached hydrogens (primary N) is 2. The Balaban J connectivity index is 2.43. The van der Waals surface area contributed by atoms with Gasteiger partial charge in [-0.25, -0.2) is 0 Å². The summed E-state index contributed by atoms with van der Waals surface area (Å²) >= 11 is 0. The standard InChI is InChI=1S/C50H82N8O12/c1-13-28(7)22-40(62)70-32(11)43(56-47(66)42(30(9)23-38(51)60)55-45(64)27(5)6)48(67)54-35(21-26(3)4)49(68)58-36(19-20-39(58)61)46(65)53-25-31(10)41(29(8)14-2)50(69)57(12)37(44(52)63)24-33-15-17-34(59)18-16-33/h15-18,26-32,35-37,39,41-43,59,61H,13-14,19-25H2,1-12H3,(H2,51,60)(H2,52,63)(H,53,65)(H,54,67)(H,55,64)(H,56,66). The fourth-order valence-electron chi connectivity index (χ4n) is 8.58. The summed E-state index contributed by atoms with van der Waals surface area (Å²) < 4.78 is 5.67. The molecule has 20 heteroatoms. The van der Waals surface area contributed by atoms with Crippen LogP contribution in [0.4, 0.5) is 0 Å². The molecule has 1 heterocycles. The zero-order chi connectivity index (χ0) is 53.3. The maximum Gasteiger partial charge on any atom is 0.306 e. The van der Waals surface area contributed by atoms with Crippen molar-refractivity contribution in [1.82, 2.24) is 31.1 Å². The summed E-state index contributed by atoms with van der Waals surface area (Å²) in [6, 6.07) is -0.303. The molecule has 0 saturated carbocycles. The van der Waals surface area contributed by atoms with Crippen molar-refractivity contribution in [3.63, 3.8) is 0 Å². The van der Waals surface area contributed by atoms with Crippen LogP contribution >= 0.6 is 0 Å². The van der Waals surface area contributed by atoms with E-state index in [0.29, 0.717) is 18.4 Å². The maximum absolute atomic E-state index is 14.6. The van der Waals surface area contributed by atoms with Gasteiger partial charge >= 0.3 is 5.97 Å². The van der Waals surface area contributed by atoms with Gasteiger partial charge in [0.1, 0.15) is 48.3 Å². The van der Waals surface area contributed by atoms with Crippen molar-refractivity contribution in [2.24, 2.45) is 52.9 Å². The highest BCUT2D eigenvalue weighted by molar-refractivity contribution is 5.97. The molecule has 1 aliphatic heterocycles. The number of likely N-dealkylation sites (tertiary alicyclic amines) is 1. The summed E-state index contributed by atoms with van der Waals surface area (Å²) in [6.45, 7) is 19.1. The topological polar surface area (TPSA) is 310 Å². The van der Waals surface area contributed by atoms with Gasteiger partial charge in [-0.1, -0.05) is 94.2 Å². The van der Waals surface area contributed by atoms with Crippen molar-refractivity contribution in [3.05, 3.63) is 29.8 Å². The van der Waals surface area contributed by atoms with Gasteiger partial charge in [-0.3, -0.25) is 43.2 Å². The number of phenols is 1. The van der Waals surface area contributed by atoms with E-state index in [4.69, 9.17) is 16.2 Å². The summed E-state index contributed by atoms with van der Waals surface area (Å²) in [4.78, 5) is 124. The molecule has 0 spiro atoms. The van der Waals surface area contributed by atoms with Crippen molar-refractivity contribution in [2.75, 3.05) is 13.6 Å². The molecule has 1 aromatic carbocycles. The number of hydrogen-bond acceptors (Lipinski definition) is 12. The van der Waals surface area contributed by atoms with Gasteiger partial charge in [0, 0.05) is 44.7 Å². The third-order valence-electron chi connectivity index (χ3n) is 13.3. The number of rotatable bonds is 28. The number of nitrogens with one attached hydrogen (secondary N) is 4. The van der Waals surface area contributed by atoms with Gasteiger partial charge in [-0.15, -0.1) is 0 Å². The highest BCUT2D eigenvalue weighted by atomic mass is 16.5. The summed E-state index contributed by atoms with van der Waals surface area (Å²) in [5.74, 6) is -9.17. The summed E-state index contributed by atoms with van der Waals surface area (Å²) in [6.07, 6.45) is -1.52. The number of ether oxygens (including phenoxy) is 1. The third-order valence-corrected chi connectivity index (χ3v) is 13.3. The smallest absolute Gasteiger partial charge is 0.306 e. The molecule has 0 bridgehead atoms. The normalized spacial score (nSPS) is 19.0. The van der Waals surface area contributed by atoms with Crippen LogP contribution in [0.5, 0.6) is 5.75 Å². The molecule has 12 unspecified atom stereocenters. The van der Waals surface area contributed by atoms with Crippen LogP contribution in [-0.2, 0) is 54.3 Å². The van der Waals surface area contributed by atoms with E-state index in [-0.39, 0.29) is 74.5 Å². The van der Waals surface area contributed by atoms with Gasteiger partial charge in [0.15, 0.2) is 0 Å². The Morgan fingerprint density at radius 3 is 1.89 bits per heavy atom. The lowest BCUT2D eigenvalue weighted by atomic mass is 9.80. The van der Waals surface area contributed by atoms with Gasteiger partial charge in [-0.05, 0) is 73.5 Å². The van der Waals surface area contributed by atoms with E-state index in [9.17, 15) is 53.4 Å². The molecule has 0 aromatic heterocycles. The van der Waals surface area contributed by atoms with E-state index < -0.39 is 114 Å². The number of aromatic hydroxyl groups is 1. The van der Waals surface area contributed by atoms with Crippen molar-refractivity contribution >= 4 is 53.2 Å². The molecule has 70 heavy (non-hydrogen) atoms. The molecule has 1 aliphatic rings. The zero-order valence-electron chi connectivity index (χ0n) is 43.3. The number of aliphatic hydroxyl groups is 1. The lowest BCUT2D eigenvalue weighted by Gasteiger charge is -2.35. The molecule has 394 valence electrons. The molecule has 2 rings (SSSR count). The summed E-state index contributed by atoms with van der Waals surface area (Å²) in [5.41, 5.74) is 11.9. The minimum absolute atomic E-state index is 0.0128. The van der Waals surface area contributed by atoms with Crippen LogP contribution in [0, 0.1) is 41.4 Å². The molecule has 1 fully saturated rings. The van der Waals surface area contributed by atoms with E-state index in [1.165, 1.54) is 37.9 Å². The molecule has 0 radical (unpaired) electrons. The number of likely N-dealkylation sites (N-methyl/N-ethyl adjacent to an activating group) is 1. The van der Waals surface area contributed by atoms with E-state index in [2.05, 4.69) is 21.3 Å². The van der Waals surface area contributed by atoms with E-state index in [1.54, 1.807) is 46.8 Å². The highest BCUT2D eigenvalue weighted by Gasteiger charge is 2.45. The average molecular weight is 987 g/mol. The first-order valence-electron chi connectivity index (χ1n) is 24.7. The minimum Gasteiger partial charge on any atom is -0.508 e. The first-order valence-corrected chi connectivity index (χ1v) is 24.7. The van der Waals surface area contributed by atoms with Crippen LogP contribution < -0.4 is 32.7 Å². The molecule has 10 N–H and O–H groups in total. The second kappa shape index (κ2) is 28.2. The molecule has 8 amide bonds. The van der Waals surface area contributed by atoms with Crippen molar-refractivity contribution in [2.45, 2.75) is 170 Å². The van der Waals surface area contributed by atoms with Crippen LogP contribution in [0.3, 0.4) is 0 Å². The van der Waals surface area contributed by atoms with E-state index in [0.717, 1.165) is 4.90 Å². The largest absolute Gasteiger partial charge is 0.508 e. The predicted octanol–water partition coefficient (Wildman–Crippen LogP) is 2.01. The number of esters is 1. The number of carbonyl (C=O) groups is 9. The van der Waals surface area contributed by atoms with Gasteiger partial charge < -0.3 is 57.5 Å². The Kier molecular flexibility index (Phi) is 24.3. The Morgan fingerprint density at radius 1 is 0.771 bits per heavy atom. The number of benzene rings is 1. The molecular weight excluding hydrogens is 905 g/mol. The van der Waals surface area contributed by atoms with Gasteiger partial charge in [0.25, 0.3) is 0 Å². The van der Waals surface area contributed by atoms with Crippen LogP contribution in [-0.4, -0.2) is 129 Å². The van der Waals surface area contributed by atoms with Crippen LogP contribution in [0.15, 0.2) is 24.3 Å². The summed E-state index contributed by atoms with van der Waals surface area (Å²) in [7, 11) is 1.50. The highest BCUT2D eigenvalue weighted by Crippen LogP contribution is 2.29. The fourth-order valence-corrected chi connectivity index (χ4v) is 8.58. The minimum atomic E-state index is -1.63. The third kappa shape index (κ3) is 17.9. The SMILES string of the molecule is CCC(C)CC(=O)OC(C)C(NC(=O)C(NC(=O)C(C)C)C(C)CC(N)=O)C(=O)NC(CC(C)C)C(=O)N1C(O)CCC1C(=O)NCC(C)C(C(=O)N(C)C(Cc1ccc(O)cc1)C(N)=O)C(C)CC. The molecular formula is C50H82N8O12. The molecule has 0 aliphatic carbocycles. The number of aliphatic hydroxyl groups excluding tert-OH is 1. The number of primary amides is 2. The van der Waals surface area contributed by atoms with Gasteiger partial charge in [-0.2, -0.15) is 0 Å². The van der Waals surface area contributed by atoms with Crippen LogP contribution in [0.25, 0.3) is 0 Å². The Bertz CT molecular complexity index is 1960. The Hall–Kier alpha value is -5.79. The second-order valence-electron chi connectivity index (χ2n) is 20.1. The Morgan fingerprint density at radius 2 is 1.36 bits per heavy atom. The van der Waals surface area contributed by atoms with Crippen molar-refractivity contribution < 1.29 is 58.1 Å². The molecule has 20 nitrogen and oxygen atoms in total. The van der Waals surface area contributed by atoms with E-state index >= 15 is 0 Å². The lowest BCUT2D eigenvalue weighted by Crippen LogP contribution is -2.62. The van der Waals surface area contributed by atoms with Crippen molar-refractivity contribution in [3.8, 4) is 5.75 Å². The number of amides is 8. The first kappa shape index (κ1) is 60.3. The number of hydrogen-bond donors (Lipinski definition) is 8. The zero-order valence-corrected chi connectivity index (χ0v) is 43.3. The quantitative estimate of drug-likeness (QED) is 0.0560. The van der Waals surface area contributed by atoms with Crippen molar-refractivity contribution in [1.29, 1.82) is 0 Å².